The molecule has 0 bridgehead atoms. The van der Waals surface area contributed by atoms with Gasteiger partial charge in [0.25, 0.3) is 5.56 Å². The molecule has 0 aliphatic rings. The van der Waals surface area contributed by atoms with Gasteiger partial charge in [-0.2, -0.15) is 4.39 Å². The van der Waals surface area contributed by atoms with Gasteiger partial charge in [0.05, 0.1) is 11.8 Å². The standard InChI is InChI=1S/C12H9FN2O4/c13-9-6-15(12(18)14-10(9)16)7-19-11(17)8-4-2-1-3-5-8/h1-6H,7H2,(H,14,16,18). The smallest absolute Gasteiger partial charge is 0.339 e. The van der Waals surface area contributed by atoms with E-state index in [9.17, 15) is 18.8 Å². The van der Waals surface area contributed by atoms with Crippen LogP contribution in [0.3, 0.4) is 0 Å². The number of aromatic amines is 1. The largest absolute Gasteiger partial charge is 0.440 e. The molecule has 1 aromatic carbocycles. The van der Waals surface area contributed by atoms with Gasteiger partial charge in [0, 0.05) is 0 Å². The van der Waals surface area contributed by atoms with Crippen molar-refractivity contribution in [3.63, 3.8) is 0 Å². The molecule has 2 aromatic rings. The quantitative estimate of drug-likeness (QED) is 0.818. The van der Waals surface area contributed by atoms with Gasteiger partial charge in [-0.05, 0) is 12.1 Å². The van der Waals surface area contributed by atoms with E-state index < -0.39 is 29.8 Å². The zero-order chi connectivity index (χ0) is 13.8. The number of ether oxygens (including phenoxy) is 1. The van der Waals surface area contributed by atoms with Gasteiger partial charge in [-0.1, -0.05) is 18.2 Å². The molecule has 1 N–H and O–H groups in total. The van der Waals surface area contributed by atoms with Crippen molar-refractivity contribution in [1.82, 2.24) is 9.55 Å². The van der Waals surface area contributed by atoms with Crippen LogP contribution in [-0.2, 0) is 11.5 Å². The van der Waals surface area contributed by atoms with Crippen LogP contribution in [0, 0.1) is 5.82 Å². The van der Waals surface area contributed by atoms with Crippen molar-refractivity contribution in [3.05, 3.63) is 68.7 Å². The molecule has 0 amide bonds. The number of nitrogens with zero attached hydrogens (tertiary/aromatic N) is 1. The van der Waals surface area contributed by atoms with Crippen molar-refractivity contribution in [3.8, 4) is 0 Å². The zero-order valence-electron chi connectivity index (χ0n) is 9.63. The molecule has 1 heterocycles. The highest BCUT2D eigenvalue weighted by Crippen LogP contribution is 2.01. The molecular weight excluding hydrogens is 255 g/mol. The normalized spacial score (nSPS) is 10.2. The Bertz CT molecular complexity index is 706. The van der Waals surface area contributed by atoms with E-state index in [2.05, 4.69) is 0 Å². The van der Waals surface area contributed by atoms with E-state index in [1.807, 2.05) is 0 Å². The van der Waals surface area contributed by atoms with Crippen LogP contribution < -0.4 is 11.2 Å². The second-order valence-corrected chi connectivity index (χ2v) is 3.63. The molecule has 0 aliphatic carbocycles. The summed E-state index contributed by atoms with van der Waals surface area (Å²) in [5, 5.41) is 0. The molecule has 0 fully saturated rings. The van der Waals surface area contributed by atoms with Crippen LogP contribution in [0.1, 0.15) is 10.4 Å². The van der Waals surface area contributed by atoms with Crippen LogP contribution in [0.4, 0.5) is 4.39 Å². The maximum absolute atomic E-state index is 13.0. The second-order valence-electron chi connectivity index (χ2n) is 3.63. The highest BCUT2D eigenvalue weighted by molar-refractivity contribution is 5.89. The van der Waals surface area contributed by atoms with Crippen LogP contribution in [-0.4, -0.2) is 15.5 Å². The molecule has 0 spiro atoms. The lowest BCUT2D eigenvalue weighted by molar-refractivity contribution is 0.0361. The lowest BCUT2D eigenvalue weighted by Crippen LogP contribution is -2.32. The van der Waals surface area contributed by atoms with Gasteiger partial charge in [0.2, 0.25) is 5.82 Å². The number of H-pyrrole nitrogens is 1. The van der Waals surface area contributed by atoms with Gasteiger partial charge in [0.1, 0.15) is 0 Å². The molecule has 0 unspecified atom stereocenters. The third-order valence-corrected chi connectivity index (χ3v) is 2.31. The number of hydrogen-bond donors (Lipinski definition) is 1. The highest BCUT2D eigenvalue weighted by Gasteiger charge is 2.08. The van der Waals surface area contributed by atoms with Crippen molar-refractivity contribution >= 4 is 5.97 Å². The monoisotopic (exact) mass is 264 g/mol. The predicted molar refractivity (Wildman–Crippen MR) is 63.1 cm³/mol. The maximum atomic E-state index is 13.0. The van der Waals surface area contributed by atoms with Gasteiger partial charge in [-0.25, -0.2) is 9.59 Å². The fourth-order valence-corrected chi connectivity index (χ4v) is 1.36. The summed E-state index contributed by atoms with van der Waals surface area (Å²) < 4.78 is 18.5. The van der Waals surface area contributed by atoms with E-state index in [-0.39, 0.29) is 0 Å². The molecule has 2 rings (SSSR count). The fourth-order valence-electron chi connectivity index (χ4n) is 1.36. The minimum Gasteiger partial charge on any atom is -0.440 e. The Hall–Kier alpha value is -2.70. The third-order valence-electron chi connectivity index (χ3n) is 2.31. The summed E-state index contributed by atoms with van der Waals surface area (Å²) in [4.78, 5) is 35.4. The molecule has 98 valence electrons. The fraction of sp³-hybridized carbons (Fsp3) is 0.0833. The van der Waals surface area contributed by atoms with Crippen LogP contribution in [0.2, 0.25) is 0 Å². The molecule has 6 nitrogen and oxygen atoms in total. The topological polar surface area (TPSA) is 81.2 Å². The molecule has 19 heavy (non-hydrogen) atoms. The Labute approximate surface area is 106 Å². The number of carbonyl (C=O) groups excluding carboxylic acids is 1. The number of halogens is 1. The molecule has 1 aromatic heterocycles. The van der Waals surface area contributed by atoms with Crippen LogP contribution in [0.25, 0.3) is 0 Å². The van der Waals surface area contributed by atoms with Gasteiger partial charge in [0.15, 0.2) is 6.73 Å². The molecule has 0 radical (unpaired) electrons. The third kappa shape index (κ3) is 2.95. The van der Waals surface area contributed by atoms with Gasteiger partial charge < -0.3 is 4.74 Å². The van der Waals surface area contributed by atoms with E-state index in [0.29, 0.717) is 11.8 Å². The average molecular weight is 264 g/mol. The van der Waals surface area contributed by atoms with Gasteiger partial charge >= 0.3 is 11.7 Å². The molecule has 7 heteroatoms. The number of hydrogen-bond acceptors (Lipinski definition) is 4. The summed E-state index contributed by atoms with van der Waals surface area (Å²) >= 11 is 0. The Morgan fingerprint density at radius 3 is 2.63 bits per heavy atom. The minimum atomic E-state index is -1.13. The van der Waals surface area contributed by atoms with Gasteiger partial charge in [-0.15, -0.1) is 0 Å². The second kappa shape index (κ2) is 5.30. The van der Waals surface area contributed by atoms with E-state index in [4.69, 9.17) is 4.74 Å². The van der Waals surface area contributed by atoms with E-state index in [1.54, 1.807) is 35.3 Å². The summed E-state index contributed by atoms with van der Waals surface area (Å²) in [6.45, 7) is -0.486. The van der Waals surface area contributed by atoms with Crippen molar-refractivity contribution in [2.75, 3.05) is 0 Å². The lowest BCUT2D eigenvalue weighted by Gasteiger charge is -2.06. The van der Waals surface area contributed by atoms with E-state index in [0.717, 1.165) is 4.57 Å². The molecule has 0 aliphatic heterocycles. The summed E-state index contributed by atoms with van der Waals surface area (Å²) in [6.07, 6.45) is 0.680. The Morgan fingerprint density at radius 2 is 1.95 bits per heavy atom. The lowest BCUT2D eigenvalue weighted by atomic mass is 10.2. The number of rotatable bonds is 3. The zero-order valence-corrected chi connectivity index (χ0v) is 9.63. The molecule has 0 atom stereocenters. The molecular formula is C12H9FN2O4. The first kappa shape index (κ1) is 12.7. The first-order valence-corrected chi connectivity index (χ1v) is 5.29. The predicted octanol–water partition coefficient (Wildman–Crippen LogP) is 0.490. The molecule has 0 saturated carbocycles. The van der Waals surface area contributed by atoms with Crippen molar-refractivity contribution < 1.29 is 13.9 Å². The minimum absolute atomic E-state index is 0.306. The van der Waals surface area contributed by atoms with E-state index >= 15 is 0 Å². The number of carbonyl (C=O) groups is 1. The number of aromatic nitrogens is 2. The van der Waals surface area contributed by atoms with Crippen LogP contribution >= 0.6 is 0 Å². The Balaban J connectivity index is 2.12. The van der Waals surface area contributed by atoms with Crippen molar-refractivity contribution in [2.45, 2.75) is 6.73 Å². The Morgan fingerprint density at radius 1 is 1.26 bits per heavy atom. The number of nitrogens with one attached hydrogen (secondary N) is 1. The maximum Gasteiger partial charge on any atom is 0.339 e. The number of benzene rings is 1. The summed E-state index contributed by atoms with van der Waals surface area (Å²) in [5.41, 5.74) is -1.66. The SMILES string of the molecule is O=C(OCn1cc(F)c(=O)[nH]c1=O)c1ccccc1. The summed E-state index contributed by atoms with van der Waals surface area (Å²) in [6, 6.07) is 8.13. The van der Waals surface area contributed by atoms with E-state index in [1.165, 1.54) is 0 Å². The first-order valence-electron chi connectivity index (χ1n) is 5.29. The van der Waals surface area contributed by atoms with Crippen LogP contribution in [0.15, 0.2) is 46.1 Å². The van der Waals surface area contributed by atoms with Crippen molar-refractivity contribution in [2.24, 2.45) is 0 Å². The van der Waals surface area contributed by atoms with Crippen molar-refractivity contribution in [1.29, 1.82) is 0 Å². The summed E-state index contributed by atoms with van der Waals surface area (Å²) in [7, 11) is 0. The van der Waals surface area contributed by atoms with Gasteiger partial charge in [-0.3, -0.25) is 14.3 Å². The number of esters is 1. The Kier molecular flexibility index (Phi) is 3.56. The molecule has 0 saturated heterocycles. The summed E-state index contributed by atoms with van der Waals surface area (Å²) in [5.74, 6) is -1.78. The highest BCUT2D eigenvalue weighted by atomic mass is 19.1. The van der Waals surface area contributed by atoms with Crippen LogP contribution in [0.5, 0.6) is 0 Å². The first-order chi connectivity index (χ1) is 9.08. The average Bonchev–Trinajstić information content (AvgIpc) is 2.42.